The summed E-state index contributed by atoms with van der Waals surface area (Å²) >= 11 is 3.37. The van der Waals surface area contributed by atoms with E-state index in [1.165, 1.54) is 10.5 Å². The third kappa shape index (κ3) is 4.84. The van der Waals surface area contributed by atoms with E-state index >= 15 is 0 Å². The zero-order valence-corrected chi connectivity index (χ0v) is 19.0. The number of rotatable bonds is 5. The Morgan fingerprint density at radius 3 is 2.58 bits per heavy atom. The molecule has 0 saturated carbocycles. The van der Waals surface area contributed by atoms with Crippen molar-refractivity contribution >= 4 is 39.2 Å². The Hall–Kier alpha value is -4.22. The molecule has 0 fully saturated rings. The minimum Gasteiger partial charge on any atom is -0.438 e. The lowest BCUT2D eigenvalue weighted by atomic mass is 10.1. The molecule has 1 N–H and O–H groups in total. The van der Waals surface area contributed by atoms with Gasteiger partial charge in [0.15, 0.2) is 0 Å². The van der Waals surface area contributed by atoms with Crippen molar-refractivity contribution < 1.29 is 9.53 Å². The molecule has 2 aromatic carbocycles. The summed E-state index contributed by atoms with van der Waals surface area (Å²) in [5.41, 5.74) is 1.05. The Labute approximate surface area is 197 Å². The number of pyridine rings is 1. The van der Waals surface area contributed by atoms with Crippen molar-refractivity contribution in [3.05, 3.63) is 104 Å². The Morgan fingerprint density at radius 2 is 1.85 bits per heavy atom. The predicted molar refractivity (Wildman–Crippen MR) is 129 cm³/mol. The molecule has 162 valence electrons. The molecule has 0 aliphatic rings. The number of aromatic nitrogens is 2. The van der Waals surface area contributed by atoms with Gasteiger partial charge in [-0.3, -0.25) is 14.0 Å². The maximum atomic E-state index is 13.2. The zero-order valence-electron chi connectivity index (χ0n) is 17.4. The van der Waals surface area contributed by atoms with Crippen molar-refractivity contribution in [2.24, 2.45) is 0 Å². The van der Waals surface area contributed by atoms with E-state index in [0.717, 1.165) is 10.0 Å². The first-order valence-corrected chi connectivity index (χ1v) is 10.7. The lowest BCUT2D eigenvalue weighted by molar-refractivity contribution is -0.112. The molecule has 4 aromatic rings. The van der Waals surface area contributed by atoms with Crippen LogP contribution in [0.15, 0.2) is 87.8 Å². The fraction of sp³-hybridized carbons (Fsp3) is 0.0400. The molecule has 0 unspecified atom stereocenters. The third-order valence-corrected chi connectivity index (χ3v) is 5.34. The highest BCUT2D eigenvalue weighted by atomic mass is 79.9. The van der Waals surface area contributed by atoms with Crippen LogP contribution < -0.4 is 15.6 Å². The highest BCUT2D eigenvalue weighted by Crippen LogP contribution is 2.25. The Bertz CT molecular complexity index is 1480. The molecule has 8 heteroatoms. The van der Waals surface area contributed by atoms with E-state index in [4.69, 9.17) is 4.74 Å². The number of ether oxygens (including phenoxy) is 1. The van der Waals surface area contributed by atoms with Crippen molar-refractivity contribution in [3.63, 3.8) is 0 Å². The standard InChI is InChI=1S/C25H17BrN4O3/c1-16-6-2-3-7-21(16)28-23(31)17(15-27)14-20-24(33-19-11-9-18(26)10-12-19)29-22-8-4-5-13-30(22)25(20)32/h2-14H,1H3,(H,28,31). The number of nitriles is 1. The second kappa shape index (κ2) is 9.51. The summed E-state index contributed by atoms with van der Waals surface area (Å²) in [6.45, 7) is 1.84. The first-order chi connectivity index (χ1) is 16.0. The van der Waals surface area contributed by atoms with Crippen LogP contribution in [0.5, 0.6) is 11.6 Å². The van der Waals surface area contributed by atoms with Crippen LogP contribution in [0, 0.1) is 18.3 Å². The van der Waals surface area contributed by atoms with E-state index in [2.05, 4.69) is 26.2 Å². The lowest BCUT2D eigenvalue weighted by Crippen LogP contribution is -2.20. The maximum Gasteiger partial charge on any atom is 0.269 e. The predicted octanol–water partition coefficient (Wildman–Crippen LogP) is 5.10. The molecule has 7 nitrogen and oxygen atoms in total. The SMILES string of the molecule is Cc1ccccc1NC(=O)C(C#N)=Cc1c(Oc2ccc(Br)cc2)nc2ccccn2c1=O. The van der Waals surface area contributed by atoms with Crippen molar-refractivity contribution in [1.82, 2.24) is 9.38 Å². The van der Waals surface area contributed by atoms with E-state index in [-0.39, 0.29) is 17.0 Å². The Morgan fingerprint density at radius 1 is 1.12 bits per heavy atom. The average Bonchev–Trinajstić information content (AvgIpc) is 2.82. The number of para-hydroxylation sites is 1. The van der Waals surface area contributed by atoms with E-state index in [0.29, 0.717) is 17.1 Å². The number of carbonyl (C=O) groups is 1. The molecule has 0 atom stereocenters. The Balaban J connectivity index is 1.81. The van der Waals surface area contributed by atoms with Crippen LogP contribution in [-0.4, -0.2) is 15.3 Å². The molecule has 0 radical (unpaired) electrons. The summed E-state index contributed by atoms with van der Waals surface area (Å²) in [4.78, 5) is 30.5. The molecule has 2 heterocycles. The van der Waals surface area contributed by atoms with Crippen LogP contribution in [0.1, 0.15) is 11.1 Å². The smallest absolute Gasteiger partial charge is 0.269 e. The highest BCUT2D eigenvalue weighted by Gasteiger charge is 2.18. The molecule has 0 bridgehead atoms. The maximum absolute atomic E-state index is 13.2. The van der Waals surface area contributed by atoms with Crippen LogP contribution in [-0.2, 0) is 4.79 Å². The minimum atomic E-state index is -0.640. The fourth-order valence-electron chi connectivity index (χ4n) is 3.09. The van der Waals surface area contributed by atoms with E-state index in [9.17, 15) is 14.9 Å². The number of amides is 1. The normalized spacial score (nSPS) is 11.1. The fourth-order valence-corrected chi connectivity index (χ4v) is 3.36. The summed E-state index contributed by atoms with van der Waals surface area (Å²) in [6, 6.07) is 21.2. The number of carbonyl (C=O) groups excluding carboxylic acids is 1. The lowest BCUT2D eigenvalue weighted by Gasteiger charge is -2.11. The van der Waals surface area contributed by atoms with E-state index in [1.54, 1.807) is 60.8 Å². The Kier molecular flexibility index (Phi) is 6.33. The van der Waals surface area contributed by atoms with Crippen molar-refractivity contribution in [2.75, 3.05) is 5.32 Å². The van der Waals surface area contributed by atoms with Gasteiger partial charge in [-0.2, -0.15) is 10.2 Å². The van der Waals surface area contributed by atoms with Crippen molar-refractivity contribution in [2.45, 2.75) is 6.92 Å². The molecular formula is C25H17BrN4O3. The monoisotopic (exact) mass is 500 g/mol. The number of aryl methyl sites for hydroxylation is 1. The molecule has 33 heavy (non-hydrogen) atoms. The number of benzene rings is 2. The second-order valence-electron chi connectivity index (χ2n) is 7.06. The van der Waals surface area contributed by atoms with Gasteiger partial charge in [0.2, 0.25) is 5.88 Å². The largest absolute Gasteiger partial charge is 0.438 e. The molecule has 4 rings (SSSR count). The molecule has 2 aromatic heterocycles. The van der Waals surface area contributed by atoms with Gasteiger partial charge in [-0.1, -0.05) is 40.2 Å². The van der Waals surface area contributed by atoms with Gasteiger partial charge in [-0.05, 0) is 61.0 Å². The number of fused-ring (bicyclic) bond motifs is 1. The summed E-state index contributed by atoms with van der Waals surface area (Å²) in [6.07, 6.45) is 2.77. The topological polar surface area (TPSA) is 96.5 Å². The van der Waals surface area contributed by atoms with Gasteiger partial charge in [-0.25, -0.2) is 0 Å². The first-order valence-electron chi connectivity index (χ1n) is 9.90. The number of halogens is 1. The molecular weight excluding hydrogens is 484 g/mol. The van der Waals surface area contributed by atoms with Crippen molar-refractivity contribution in [1.29, 1.82) is 5.26 Å². The second-order valence-corrected chi connectivity index (χ2v) is 7.98. The van der Waals surface area contributed by atoms with Crippen LogP contribution in [0.3, 0.4) is 0 Å². The number of hydrogen-bond donors (Lipinski definition) is 1. The number of anilines is 1. The van der Waals surface area contributed by atoms with Crippen LogP contribution >= 0.6 is 15.9 Å². The summed E-state index contributed by atoms with van der Waals surface area (Å²) < 4.78 is 8.08. The van der Waals surface area contributed by atoms with Crippen molar-refractivity contribution in [3.8, 4) is 17.7 Å². The molecule has 0 aliphatic heterocycles. The van der Waals surface area contributed by atoms with Crippen LogP contribution in [0.25, 0.3) is 11.7 Å². The number of hydrogen-bond acceptors (Lipinski definition) is 5. The summed E-state index contributed by atoms with van der Waals surface area (Å²) in [5.74, 6) is -0.202. The first kappa shape index (κ1) is 22.0. The number of nitrogens with zero attached hydrogens (tertiary/aromatic N) is 3. The molecule has 0 saturated heterocycles. The van der Waals surface area contributed by atoms with Gasteiger partial charge in [0.05, 0.1) is 0 Å². The van der Waals surface area contributed by atoms with E-state index < -0.39 is 11.5 Å². The quantitative estimate of drug-likeness (QED) is 0.303. The van der Waals surface area contributed by atoms with Gasteiger partial charge in [-0.15, -0.1) is 0 Å². The van der Waals surface area contributed by atoms with Gasteiger partial charge in [0, 0.05) is 16.4 Å². The van der Waals surface area contributed by atoms with Crippen LogP contribution in [0.4, 0.5) is 5.69 Å². The summed E-state index contributed by atoms with van der Waals surface area (Å²) in [7, 11) is 0. The summed E-state index contributed by atoms with van der Waals surface area (Å²) in [5, 5.41) is 12.4. The zero-order chi connectivity index (χ0) is 23.4. The van der Waals surface area contributed by atoms with Gasteiger partial charge in [0.1, 0.15) is 28.6 Å². The van der Waals surface area contributed by atoms with Gasteiger partial charge in [0.25, 0.3) is 11.5 Å². The van der Waals surface area contributed by atoms with Gasteiger partial charge >= 0.3 is 0 Å². The molecule has 0 spiro atoms. The van der Waals surface area contributed by atoms with E-state index in [1.807, 2.05) is 25.1 Å². The third-order valence-electron chi connectivity index (χ3n) is 4.81. The average molecular weight is 501 g/mol. The minimum absolute atomic E-state index is 0.00929. The molecule has 1 amide bonds. The molecule has 0 aliphatic carbocycles. The highest BCUT2D eigenvalue weighted by molar-refractivity contribution is 9.10. The number of nitrogens with one attached hydrogen (secondary N) is 1. The van der Waals surface area contributed by atoms with Crippen LogP contribution in [0.2, 0.25) is 0 Å². The van der Waals surface area contributed by atoms with Gasteiger partial charge < -0.3 is 10.1 Å².